The number of nitrogens with zero attached hydrogens (tertiary/aromatic N) is 1. The average molecular weight is 428 g/mol. The van der Waals surface area contributed by atoms with Crippen LogP contribution in [0.25, 0.3) is 22.3 Å². The number of rotatable bonds is 5. The lowest BCUT2D eigenvalue weighted by Crippen LogP contribution is -2.08. The normalized spacial score (nSPS) is 11.3. The van der Waals surface area contributed by atoms with Gasteiger partial charge in [0.2, 0.25) is 9.84 Å². The molecule has 0 radical (unpaired) electrons. The SMILES string of the molecule is Cc1ccc(S(=O)(=O)c2cc(-c3ccccc3)ccc2-c2ccc(N(C)C)cc2)cc1. The number of hydrogen-bond donors (Lipinski definition) is 0. The van der Waals surface area contributed by atoms with Crippen molar-refractivity contribution in [1.82, 2.24) is 0 Å². The largest absolute Gasteiger partial charge is 0.378 e. The van der Waals surface area contributed by atoms with Crippen LogP contribution in [0.5, 0.6) is 0 Å². The number of aryl methyl sites for hydroxylation is 1. The standard InChI is InChI=1S/C27H25NO2S/c1-20-9-16-25(17-10-20)31(29,30)27-19-23(21-7-5-4-6-8-21)13-18-26(27)22-11-14-24(15-12-22)28(2)3/h4-19H,1-3H3. The Hall–Kier alpha value is -3.37. The van der Waals surface area contributed by atoms with Crippen molar-refractivity contribution >= 4 is 15.5 Å². The summed E-state index contributed by atoms with van der Waals surface area (Å²) in [5, 5.41) is 0. The first kappa shape index (κ1) is 20.9. The summed E-state index contributed by atoms with van der Waals surface area (Å²) in [5.41, 5.74) is 5.52. The molecular weight excluding hydrogens is 402 g/mol. The molecule has 0 aromatic heterocycles. The van der Waals surface area contributed by atoms with E-state index in [4.69, 9.17) is 0 Å². The van der Waals surface area contributed by atoms with Gasteiger partial charge in [-0.05, 0) is 53.9 Å². The van der Waals surface area contributed by atoms with Crippen LogP contribution >= 0.6 is 0 Å². The summed E-state index contributed by atoms with van der Waals surface area (Å²) in [4.78, 5) is 2.64. The van der Waals surface area contributed by atoms with Crippen molar-refractivity contribution in [1.29, 1.82) is 0 Å². The van der Waals surface area contributed by atoms with Crippen LogP contribution in [0, 0.1) is 6.92 Å². The highest BCUT2D eigenvalue weighted by atomic mass is 32.2. The van der Waals surface area contributed by atoms with Crippen molar-refractivity contribution in [3.63, 3.8) is 0 Å². The van der Waals surface area contributed by atoms with Crippen LogP contribution in [0.15, 0.2) is 107 Å². The molecule has 0 bridgehead atoms. The first-order valence-corrected chi connectivity index (χ1v) is 11.6. The summed E-state index contributed by atoms with van der Waals surface area (Å²) in [6.45, 7) is 1.95. The minimum absolute atomic E-state index is 0.300. The fourth-order valence-electron chi connectivity index (χ4n) is 3.58. The summed E-state index contributed by atoms with van der Waals surface area (Å²) in [5.74, 6) is 0. The van der Waals surface area contributed by atoms with E-state index in [9.17, 15) is 8.42 Å². The maximum absolute atomic E-state index is 13.7. The number of benzene rings is 4. The van der Waals surface area contributed by atoms with Crippen LogP contribution in [0.1, 0.15) is 5.56 Å². The molecule has 0 fully saturated rings. The van der Waals surface area contributed by atoms with Crippen LogP contribution < -0.4 is 4.90 Å². The second-order valence-electron chi connectivity index (χ2n) is 7.83. The molecule has 0 aliphatic heterocycles. The van der Waals surface area contributed by atoms with Gasteiger partial charge in [-0.2, -0.15) is 0 Å². The van der Waals surface area contributed by atoms with Gasteiger partial charge in [-0.3, -0.25) is 0 Å². The molecule has 4 rings (SSSR count). The molecule has 0 spiro atoms. The monoisotopic (exact) mass is 427 g/mol. The number of hydrogen-bond acceptors (Lipinski definition) is 3. The van der Waals surface area contributed by atoms with Gasteiger partial charge in [0, 0.05) is 25.3 Å². The molecule has 4 heteroatoms. The molecular formula is C27H25NO2S. The molecule has 4 aromatic carbocycles. The van der Waals surface area contributed by atoms with Crippen LogP contribution in [-0.4, -0.2) is 22.5 Å². The Bertz CT molecular complexity index is 1290. The summed E-state index contributed by atoms with van der Waals surface area (Å²) in [7, 11) is 0.264. The predicted octanol–water partition coefficient (Wildman–Crippen LogP) is 6.23. The fraction of sp³-hybridized carbons (Fsp3) is 0.111. The van der Waals surface area contributed by atoms with E-state index in [1.807, 2.05) is 105 Å². The highest BCUT2D eigenvalue weighted by Crippen LogP contribution is 2.35. The van der Waals surface area contributed by atoms with Gasteiger partial charge in [0.25, 0.3) is 0 Å². The molecule has 0 amide bonds. The summed E-state index contributed by atoms with van der Waals surface area (Å²) in [6, 6.07) is 30.5. The second-order valence-corrected chi connectivity index (χ2v) is 9.75. The summed E-state index contributed by atoms with van der Waals surface area (Å²) in [6.07, 6.45) is 0. The lowest BCUT2D eigenvalue weighted by Gasteiger charge is -2.16. The van der Waals surface area contributed by atoms with Crippen LogP contribution in [-0.2, 0) is 9.84 Å². The first-order chi connectivity index (χ1) is 14.9. The van der Waals surface area contributed by atoms with E-state index < -0.39 is 9.84 Å². The molecule has 3 nitrogen and oxygen atoms in total. The Balaban J connectivity index is 1.91. The lowest BCUT2D eigenvalue weighted by atomic mass is 10.00. The Kier molecular flexibility index (Phi) is 5.66. The Morgan fingerprint density at radius 2 is 1.26 bits per heavy atom. The van der Waals surface area contributed by atoms with E-state index in [2.05, 4.69) is 0 Å². The third-order valence-corrected chi connectivity index (χ3v) is 7.21. The highest BCUT2D eigenvalue weighted by Gasteiger charge is 2.23. The smallest absolute Gasteiger partial charge is 0.207 e. The maximum Gasteiger partial charge on any atom is 0.207 e. The van der Waals surface area contributed by atoms with Crippen molar-refractivity contribution in [3.8, 4) is 22.3 Å². The molecule has 4 aromatic rings. The van der Waals surface area contributed by atoms with E-state index in [1.54, 1.807) is 18.2 Å². The van der Waals surface area contributed by atoms with E-state index in [0.717, 1.165) is 27.9 Å². The lowest BCUT2D eigenvalue weighted by molar-refractivity contribution is 0.596. The van der Waals surface area contributed by atoms with Gasteiger partial charge >= 0.3 is 0 Å². The molecule has 0 aliphatic carbocycles. The van der Waals surface area contributed by atoms with E-state index >= 15 is 0 Å². The zero-order valence-electron chi connectivity index (χ0n) is 17.9. The molecule has 31 heavy (non-hydrogen) atoms. The quantitative estimate of drug-likeness (QED) is 0.379. The Labute approximate surface area is 184 Å². The maximum atomic E-state index is 13.7. The van der Waals surface area contributed by atoms with E-state index in [-0.39, 0.29) is 0 Å². The number of anilines is 1. The third-order valence-electron chi connectivity index (χ3n) is 5.40. The summed E-state index contributed by atoms with van der Waals surface area (Å²) >= 11 is 0. The molecule has 0 saturated heterocycles. The molecule has 0 heterocycles. The first-order valence-electron chi connectivity index (χ1n) is 10.2. The molecule has 0 saturated carbocycles. The topological polar surface area (TPSA) is 37.4 Å². The van der Waals surface area contributed by atoms with Crippen molar-refractivity contribution in [2.24, 2.45) is 0 Å². The van der Waals surface area contributed by atoms with Crippen molar-refractivity contribution in [3.05, 3.63) is 103 Å². The minimum atomic E-state index is -3.70. The van der Waals surface area contributed by atoms with Crippen LogP contribution in [0.3, 0.4) is 0 Å². The van der Waals surface area contributed by atoms with E-state index in [0.29, 0.717) is 15.4 Å². The van der Waals surface area contributed by atoms with Gasteiger partial charge in [0.05, 0.1) is 9.79 Å². The second kappa shape index (κ2) is 8.40. The fourth-order valence-corrected chi connectivity index (χ4v) is 5.08. The zero-order chi connectivity index (χ0) is 22.0. The van der Waals surface area contributed by atoms with Crippen molar-refractivity contribution in [2.45, 2.75) is 16.7 Å². The highest BCUT2D eigenvalue weighted by molar-refractivity contribution is 7.91. The summed E-state index contributed by atoms with van der Waals surface area (Å²) < 4.78 is 27.4. The van der Waals surface area contributed by atoms with Gasteiger partial charge in [-0.15, -0.1) is 0 Å². The van der Waals surface area contributed by atoms with Gasteiger partial charge in [0.1, 0.15) is 0 Å². The Morgan fingerprint density at radius 3 is 1.87 bits per heavy atom. The molecule has 0 aliphatic rings. The average Bonchev–Trinajstić information content (AvgIpc) is 2.79. The van der Waals surface area contributed by atoms with Crippen molar-refractivity contribution in [2.75, 3.05) is 19.0 Å². The van der Waals surface area contributed by atoms with E-state index in [1.165, 1.54) is 0 Å². The van der Waals surface area contributed by atoms with Crippen molar-refractivity contribution < 1.29 is 8.42 Å². The third kappa shape index (κ3) is 4.25. The minimum Gasteiger partial charge on any atom is -0.378 e. The van der Waals surface area contributed by atoms with Gasteiger partial charge in [-0.25, -0.2) is 8.42 Å². The predicted molar refractivity (Wildman–Crippen MR) is 128 cm³/mol. The molecule has 156 valence electrons. The van der Waals surface area contributed by atoms with Gasteiger partial charge in [0.15, 0.2) is 0 Å². The molecule has 0 N–H and O–H groups in total. The zero-order valence-corrected chi connectivity index (χ0v) is 18.7. The van der Waals surface area contributed by atoms with Crippen LogP contribution in [0.4, 0.5) is 5.69 Å². The molecule has 0 unspecified atom stereocenters. The van der Waals surface area contributed by atoms with Gasteiger partial charge < -0.3 is 4.90 Å². The van der Waals surface area contributed by atoms with Crippen LogP contribution in [0.2, 0.25) is 0 Å². The number of sulfone groups is 1. The van der Waals surface area contributed by atoms with Gasteiger partial charge in [-0.1, -0.05) is 72.3 Å². The molecule has 0 atom stereocenters. The Morgan fingerprint density at radius 1 is 0.645 bits per heavy atom.